The first-order valence-corrected chi connectivity index (χ1v) is 8.90. The molecule has 0 aliphatic heterocycles. The summed E-state index contributed by atoms with van der Waals surface area (Å²) in [6.07, 6.45) is 0.710. The molecule has 18 heavy (non-hydrogen) atoms. The molecular weight excluding hydrogens is 340 g/mol. The van der Waals surface area contributed by atoms with Gasteiger partial charge in [-0.3, -0.25) is 0 Å². The van der Waals surface area contributed by atoms with E-state index in [-0.39, 0.29) is 11.7 Å². The monoisotopic (exact) mass is 354 g/mol. The normalized spacial score (nSPS) is 13.3. The van der Waals surface area contributed by atoms with Crippen molar-refractivity contribution in [3.8, 4) is 5.75 Å². The van der Waals surface area contributed by atoms with Crippen molar-refractivity contribution < 1.29 is 13.2 Å². The minimum absolute atomic E-state index is 0.0550. The topological polar surface area (TPSA) is 43.4 Å². The molecule has 6 heteroatoms. The molecule has 3 nitrogen and oxygen atoms in total. The number of halogens is 2. The molecule has 1 atom stereocenters. The van der Waals surface area contributed by atoms with Gasteiger partial charge in [-0.1, -0.05) is 22.9 Å². The molecule has 0 aromatic heterocycles. The average molecular weight is 356 g/mol. The number of benzene rings is 1. The van der Waals surface area contributed by atoms with E-state index in [1.807, 2.05) is 32.0 Å². The molecule has 0 heterocycles. The molecular formula is C12H16BrClO3S. The molecule has 1 rings (SSSR count). The molecule has 1 aromatic carbocycles. The van der Waals surface area contributed by atoms with Crippen LogP contribution in [0, 0.1) is 12.8 Å². The van der Waals surface area contributed by atoms with Crippen molar-refractivity contribution in [1.82, 2.24) is 0 Å². The predicted octanol–water partition coefficient (Wildman–Crippen LogP) is 3.73. The maximum atomic E-state index is 11.0. The Morgan fingerprint density at radius 1 is 1.44 bits per heavy atom. The van der Waals surface area contributed by atoms with Crippen LogP contribution in [0.2, 0.25) is 0 Å². The van der Waals surface area contributed by atoms with Gasteiger partial charge in [0.15, 0.2) is 0 Å². The summed E-state index contributed by atoms with van der Waals surface area (Å²) in [6.45, 7) is 4.24. The van der Waals surface area contributed by atoms with E-state index in [4.69, 9.17) is 15.4 Å². The van der Waals surface area contributed by atoms with Crippen molar-refractivity contribution in [2.45, 2.75) is 20.3 Å². The molecule has 0 amide bonds. The highest BCUT2D eigenvalue weighted by molar-refractivity contribution is 9.10. The summed E-state index contributed by atoms with van der Waals surface area (Å²) >= 11 is 3.41. The van der Waals surface area contributed by atoms with Crippen LogP contribution in [0.1, 0.15) is 18.9 Å². The van der Waals surface area contributed by atoms with Crippen LogP contribution in [0.15, 0.2) is 22.7 Å². The van der Waals surface area contributed by atoms with Crippen LogP contribution in [0.5, 0.6) is 5.75 Å². The summed E-state index contributed by atoms with van der Waals surface area (Å²) in [5.41, 5.74) is 1.07. The Labute approximate surface area is 121 Å². The first-order chi connectivity index (χ1) is 8.31. The van der Waals surface area contributed by atoms with E-state index in [1.54, 1.807) is 0 Å². The van der Waals surface area contributed by atoms with Crippen molar-refractivity contribution in [3.05, 3.63) is 28.2 Å². The summed E-state index contributed by atoms with van der Waals surface area (Å²) < 4.78 is 28.6. The minimum atomic E-state index is -3.47. The molecule has 1 unspecified atom stereocenters. The second-order valence-corrected chi connectivity index (χ2v) is 7.88. The number of ether oxygens (including phenoxy) is 1. The molecule has 0 spiro atoms. The smallest absolute Gasteiger partial charge is 0.232 e. The van der Waals surface area contributed by atoms with Crippen LogP contribution >= 0.6 is 26.6 Å². The first-order valence-electron chi connectivity index (χ1n) is 5.63. The molecule has 0 aliphatic carbocycles. The van der Waals surface area contributed by atoms with Gasteiger partial charge in [0.05, 0.1) is 12.4 Å². The zero-order chi connectivity index (χ0) is 13.8. The highest BCUT2D eigenvalue weighted by Crippen LogP contribution is 2.22. The lowest BCUT2D eigenvalue weighted by molar-refractivity contribution is 0.258. The minimum Gasteiger partial charge on any atom is -0.493 e. The Morgan fingerprint density at radius 3 is 2.61 bits per heavy atom. The second kappa shape index (κ2) is 6.78. The summed E-state index contributed by atoms with van der Waals surface area (Å²) in [7, 11) is 1.77. The lowest BCUT2D eigenvalue weighted by atomic mass is 10.1. The van der Waals surface area contributed by atoms with Crippen LogP contribution in [0.3, 0.4) is 0 Å². The van der Waals surface area contributed by atoms with Crippen molar-refractivity contribution in [2.24, 2.45) is 5.92 Å². The zero-order valence-corrected chi connectivity index (χ0v) is 13.5. The fourth-order valence-electron chi connectivity index (χ4n) is 1.49. The summed E-state index contributed by atoms with van der Waals surface area (Å²) in [5, 5.41) is 0. The Hall–Kier alpha value is -0.260. The van der Waals surface area contributed by atoms with Gasteiger partial charge >= 0.3 is 0 Å². The van der Waals surface area contributed by atoms with Crippen LogP contribution in [0.4, 0.5) is 0 Å². The quantitative estimate of drug-likeness (QED) is 0.730. The van der Waals surface area contributed by atoms with Crippen LogP contribution < -0.4 is 4.74 Å². The Balaban J connectivity index is 2.60. The molecule has 0 fully saturated rings. The molecule has 0 saturated heterocycles. The lowest BCUT2D eigenvalue weighted by Gasteiger charge is -2.14. The maximum Gasteiger partial charge on any atom is 0.232 e. The maximum absolute atomic E-state index is 11.0. The summed E-state index contributed by atoms with van der Waals surface area (Å²) in [4.78, 5) is 0. The molecule has 1 aromatic rings. The van der Waals surface area contributed by atoms with Gasteiger partial charge in [0.1, 0.15) is 5.75 Å². The third-order valence-corrected chi connectivity index (χ3v) is 4.76. The third-order valence-electron chi connectivity index (χ3n) is 2.63. The van der Waals surface area contributed by atoms with Gasteiger partial charge in [0, 0.05) is 21.1 Å². The molecule has 0 saturated carbocycles. The lowest BCUT2D eigenvalue weighted by Crippen LogP contribution is -2.19. The molecule has 102 valence electrons. The number of rotatable bonds is 6. The predicted molar refractivity (Wildman–Crippen MR) is 77.8 cm³/mol. The van der Waals surface area contributed by atoms with Gasteiger partial charge in [-0.2, -0.15) is 0 Å². The van der Waals surface area contributed by atoms with Crippen molar-refractivity contribution in [3.63, 3.8) is 0 Å². The fraction of sp³-hybridized carbons (Fsp3) is 0.500. The standard InChI is InChI=1S/C12H16BrClO3S/c1-3-10(8-18(14,15)16)7-17-11-4-5-12(13)9(2)6-11/h4-6,10H,3,7-8H2,1-2H3. The highest BCUT2D eigenvalue weighted by atomic mass is 79.9. The van der Waals surface area contributed by atoms with Gasteiger partial charge in [0.2, 0.25) is 9.05 Å². The molecule has 0 bridgehead atoms. The van der Waals surface area contributed by atoms with Crippen LogP contribution in [0.25, 0.3) is 0 Å². The average Bonchev–Trinajstić information content (AvgIpc) is 2.27. The Kier molecular flexibility index (Phi) is 5.95. The van der Waals surface area contributed by atoms with E-state index in [1.165, 1.54) is 0 Å². The van der Waals surface area contributed by atoms with Crippen molar-refractivity contribution >= 4 is 35.7 Å². The van der Waals surface area contributed by atoms with E-state index in [0.29, 0.717) is 13.0 Å². The molecule has 0 N–H and O–H groups in total. The highest BCUT2D eigenvalue weighted by Gasteiger charge is 2.16. The van der Waals surface area contributed by atoms with Gasteiger partial charge < -0.3 is 4.74 Å². The second-order valence-electron chi connectivity index (χ2n) is 4.20. The zero-order valence-electron chi connectivity index (χ0n) is 10.3. The third kappa shape index (κ3) is 5.59. The SMILES string of the molecule is CCC(COc1ccc(Br)c(C)c1)CS(=O)(=O)Cl. The number of hydrogen-bond acceptors (Lipinski definition) is 3. The summed E-state index contributed by atoms with van der Waals surface area (Å²) in [5.74, 6) is 0.596. The largest absolute Gasteiger partial charge is 0.493 e. The molecule has 0 aliphatic rings. The van der Waals surface area contributed by atoms with E-state index < -0.39 is 9.05 Å². The Bertz CT molecular complexity index is 502. The van der Waals surface area contributed by atoms with E-state index in [2.05, 4.69) is 15.9 Å². The summed E-state index contributed by atoms with van der Waals surface area (Å²) in [6, 6.07) is 5.66. The van der Waals surface area contributed by atoms with E-state index >= 15 is 0 Å². The van der Waals surface area contributed by atoms with Crippen molar-refractivity contribution in [2.75, 3.05) is 12.4 Å². The number of aryl methyl sites for hydroxylation is 1. The van der Waals surface area contributed by atoms with Crippen LogP contribution in [-0.4, -0.2) is 20.8 Å². The first kappa shape index (κ1) is 15.8. The van der Waals surface area contributed by atoms with E-state index in [0.717, 1.165) is 15.8 Å². The fourth-order valence-corrected chi connectivity index (χ4v) is 3.16. The molecule has 0 radical (unpaired) electrons. The van der Waals surface area contributed by atoms with Gasteiger partial charge in [-0.15, -0.1) is 0 Å². The van der Waals surface area contributed by atoms with Gasteiger partial charge in [0.25, 0.3) is 0 Å². The number of hydrogen-bond donors (Lipinski definition) is 0. The van der Waals surface area contributed by atoms with Gasteiger partial charge in [-0.25, -0.2) is 8.42 Å². The Morgan fingerprint density at radius 2 is 2.11 bits per heavy atom. The van der Waals surface area contributed by atoms with Gasteiger partial charge in [-0.05, 0) is 37.1 Å². The van der Waals surface area contributed by atoms with E-state index in [9.17, 15) is 8.42 Å². The van der Waals surface area contributed by atoms with Crippen LogP contribution in [-0.2, 0) is 9.05 Å². The van der Waals surface area contributed by atoms with Crippen molar-refractivity contribution in [1.29, 1.82) is 0 Å².